The fourth-order valence-electron chi connectivity index (χ4n) is 1.73. The number of nitrogens with zero attached hydrogens (tertiary/aromatic N) is 1. The van der Waals surface area contributed by atoms with Gasteiger partial charge in [0.05, 0.1) is 17.6 Å². The third-order valence-corrected chi connectivity index (χ3v) is 4.77. The van der Waals surface area contributed by atoms with Crippen molar-refractivity contribution in [2.75, 3.05) is 6.54 Å². The Morgan fingerprint density at radius 3 is 2.36 bits per heavy atom. The molecule has 3 nitrogen and oxygen atoms in total. The van der Waals surface area contributed by atoms with Crippen molar-refractivity contribution in [1.82, 2.24) is 4.31 Å². The van der Waals surface area contributed by atoms with E-state index in [-0.39, 0.29) is 0 Å². The highest BCUT2D eigenvalue weighted by molar-refractivity contribution is 7.89. The Labute approximate surface area is 134 Å². The van der Waals surface area contributed by atoms with Gasteiger partial charge in [-0.3, -0.25) is 4.31 Å². The van der Waals surface area contributed by atoms with Crippen LogP contribution in [0.15, 0.2) is 58.8 Å². The van der Waals surface area contributed by atoms with Crippen LogP contribution in [0.3, 0.4) is 0 Å². The first-order valence-corrected chi connectivity index (χ1v) is 8.95. The lowest BCUT2D eigenvalue weighted by Crippen LogP contribution is -2.26. The SMILES string of the molecule is CCC/C=C/CN(C=C=C(C)C)S(=O)(=O)c1ccc(C)cc1. The van der Waals surface area contributed by atoms with Crippen molar-refractivity contribution in [1.29, 1.82) is 0 Å². The summed E-state index contributed by atoms with van der Waals surface area (Å²) in [5.41, 5.74) is 4.95. The lowest BCUT2D eigenvalue weighted by molar-refractivity contribution is 0.522. The minimum atomic E-state index is -3.55. The highest BCUT2D eigenvalue weighted by Gasteiger charge is 2.20. The molecule has 0 unspecified atom stereocenters. The molecule has 0 amide bonds. The Morgan fingerprint density at radius 1 is 1.18 bits per heavy atom. The number of benzene rings is 1. The summed E-state index contributed by atoms with van der Waals surface area (Å²) in [6.07, 6.45) is 7.41. The van der Waals surface area contributed by atoms with Crippen LogP contribution in [0.25, 0.3) is 0 Å². The average molecular weight is 319 g/mol. The van der Waals surface area contributed by atoms with Crippen molar-refractivity contribution >= 4 is 10.0 Å². The molecule has 0 radical (unpaired) electrons. The first-order valence-electron chi connectivity index (χ1n) is 7.51. The van der Waals surface area contributed by atoms with Crippen LogP contribution in [-0.4, -0.2) is 19.3 Å². The Balaban J connectivity index is 3.12. The van der Waals surface area contributed by atoms with E-state index in [0.29, 0.717) is 11.4 Å². The van der Waals surface area contributed by atoms with E-state index in [1.807, 2.05) is 45.1 Å². The van der Waals surface area contributed by atoms with E-state index in [4.69, 9.17) is 0 Å². The Morgan fingerprint density at radius 2 is 1.82 bits per heavy atom. The summed E-state index contributed by atoms with van der Waals surface area (Å²) in [6, 6.07) is 6.90. The largest absolute Gasteiger partial charge is 0.264 e. The number of rotatable bonds is 7. The Kier molecular flexibility index (Phi) is 7.16. The number of allylic oxidation sites excluding steroid dienone is 2. The van der Waals surface area contributed by atoms with Gasteiger partial charge in [0.25, 0.3) is 10.0 Å². The van der Waals surface area contributed by atoms with E-state index in [0.717, 1.165) is 24.0 Å². The second-order valence-electron chi connectivity index (χ2n) is 5.42. The molecule has 0 aromatic heterocycles. The van der Waals surface area contributed by atoms with E-state index in [1.54, 1.807) is 12.1 Å². The summed E-state index contributed by atoms with van der Waals surface area (Å²) in [4.78, 5) is 0.300. The van der Waals surface area contributed by atoms with Crippen LogP contribution < -0.4 is 0 Å². The molecule has 0 N–H and O–H groups in total. The molecule has 0 fully saturated rings. The summed E-state index contributed by atoms with van der Waals surface area (Å²) in [7, 11) is -3.55. The number of aryl methyl sites for hydroxylation is 1. The van der Waals surface area contributed by atoms with Crippen LogP contribution in [0.1, 0.15) is 39.2 Å². The van der Waals surface area contributed by atoms with Crippen LogP contribution in [0.5, 0.6) is 0 Å². The van der Waals surface area contributed by atoms with Gasteiger partial charge in [0, 0.05) is 0 Å². The quantitative estimate of drug-likeness (QED) is 0.551. The van der Waals surface area contributed by atoms with Crippen molar-refractivity contribution in [3.05, 3.63) is 59.5 Å². The second kappa shape index (κ2) is 8.62. The van der Waals surface area contributed by atoms with Gasteiger partial charge in [-0.05, 0) is 44.9 Å². The van der Waals surface area contributed by atoms with Crippen molar-refractivity contribution in [3.63, 3.8) is 0 Å². The minimum Gasteiger partial charge on any atom is -0.262 e. The molecule has 0 spiro atoms. The third kappa shape index (κ3) is 5.55. The zero-order chi connectivity index (χ0) is 16.6. The summed E-state index contributed by atoms with van der Waals surface area (Å²) in [6.45, 7) is 8.12. The number of hydrogen-bond acceptors (Lipinski definition) is 2. The van der Waals surface area contributed by atoms with E-state index < -0.39 is 10.0 Å². The first-order chi connectivity index (χ1) is 10.4. The second-order valence-corrected chi connectivity index (χ2v) is 7.31. The van der Waals surface area contributed by atoms with Gasteiger partial charge in [-0.15, -0.1) is 5.73 Å². The molecule has 1 aromatic rings. The maximum Gasteiger partial charge on any atom is 0.264 e. The highest BCUT2D eigenvalue weighted by Crippen LogP contribution is 2.17. The van der Waals surface area contributed by atoms with Gasteiger partial charge < -0.3 is 0 Å². The summed E-state index contributed by atoms with van der Waals surface area (Å²) < 4.78 is 26.8. The number of hydrogen-bond donors (Lipinski definition) is 0. The molecule has 1 rings (SSSR count). The van der Waals surface area contributed by atoms with Crippen LogP contribution >= 0.6 is 0 Å². The van der Waals surface area contributed by atoms with Gasteiger partial charge >= 0.3 is 0 Å². The fraction of sp³-hybridized carbons (Fsp3) is 0.389. The topological polar surface area (TPSA) is 37.4 Å². The number of sulfonamides is 1. The molecule has 0 aliphatic carbocycles. The van der Waals surface area contributed by atoms with Crippen LogP contribution in [-0.2, 0) is 10.0 Å². The molecule has 0 heterocycles. The monoisotopic (exact) mass is 319 g/mol. The average Bonchev–Trinajstić information content (AvgIpc) is 2.46. The maximum atomic E-state index is 12.7. The van der Waals surface area contributed by atoms with Crippen molar-refractivity contribution in [2.45, 2.75) is 45.4 Å². The molecule has 0 aliphatic heterocycles. The van der Waals surface area contributed by atoms with Crippen molar-refractivity contribution in [3.8, 4) is 0 Å². The zero-order valence-electron chi connectivity index (χ0n) is 13.8. The Bertz CT molecular complexity index is 660. The van der Waals surface area contributed by atoms with E-state index in [9.17, 15) is 8.42 Å². The maximum absolute atomic E-state index is 12.7. The van der Waals surface area contributed by atoms with Gasteiger partial charge in [-0.2, -0.15) is 0 Å². The lowest BCUT2D eigenvalue weighted by atomic mass is 10.2. The summed E-state index contributed by atoms with van der Waals surface area (Å²) >= 11 is 0. The smallest absolute Gasteiger partial charge is 0.262 e. The van der Waals surface area contributed by atoms with Crippen molar-refractivity contribution < 1.29 is 8.42 Å². The van der Waals surface area contributed by atoms with Crippen LogP contribution in [0.4, 0.5) is 0 Å². The molecule has 0 saturated carbocycles. The Hall–Kier alpha value is -1.77. The van der Waals surface area contributed by atoms with E-state index >= 15 is 0 Å². The summed E-state index contributed by atoms with van der Waals surface area (Å²) in [5, 5.41) is 0. The molecule has 4 heteroatoms. The van der Waals surface area contributed by atoms with Crippen molar-refractivity contribution in [2.24, 2.45) is 0 Å². The van der Waals surface area contributed by atoms with Gasteiger partial charge in [0.1, 0.15) is 0 Å². The molecular formula is C18H25NO2S. The van der Waals surface area contributed by atoms with Gasteiger partial charge in [0.15, 0.2) is 0 Å². The predicted octanol–water partition coefficient (Wildman–Crippen LogP) is 4.42. The zero-order valence-corrected chi connectivity index (χ0v) is 14.7. The highest BCUT2D eigenvalue weighted by atomic mass is 32.2. The molecule has 0 bridgehead atoms. The van der Waals surface area contributed by atoms with Gasteiger partial charge in [0.2, 0.25) is 0 Å². The minimum absolute atomic E-state index is 0.300. The molecule has 1 aromatic carbocycles. The van der Waals surface area contributed by atoms with Crippen LogP contribution in [0, 0.1) is 6.92 Å². The molecule has 22 heavy (non-hydrogen) atoms. The van der Waals surface area contributed by atoms with Gasteiger partial charge in [-0.25, -0.2) is 8.42 Å². The molecule has 0 aliphatic rings. The van der Waals surface area contributed by atoms with Crippen LogP contribution in [0.2, 0.25) is 0 Å². The molecule has 0 atom stereocenters. The third-order valence-electron chi connectivity index (χ3n) is 3.03. The molecule has 120 valence electrons. The number of unbranched alkanes of at least 4 members (excludes halogenated alkanes) is 1. The lowest BCUT2D eigenvalue weighted by Gasteiger charge is -2.18. The van der Waals surface area contributed by atoms with E-state index in [2.05, 4.69) is 12.7 Å². The molecular weight excluding hydrogens is 294 g/mol. The fourth-order valence-corrected chi connectivity index (χ4v) is 2.95. The summed E-state index contributed by atoms with van der Waals surface area (Å²) in [5.74, 6) is 0. The van der Waals surface area contributed by atoms with Gasteiger partial charge in [-0.1, -0.05) is 43.2 Å². The van der Waals surface area contributed by atoms with E-state index in [1.165, 1.54) is 10.5 Å². The first kappa shape index (κ1) is 18.3. The normalized spacial score (nSPS) is 11.3. The predicted molar refractivity (Wildman–Crippen MR) is 92.1 cm³/mol. The molecule has 0 saturated heterocycles. The standard InChI is InChI=1S/C18H25NO2S/c1-5-6-7-8-14-19(15-13-16(2)3)22(20,21)18-11-9-17(4)10-12-18/h7-12,15H,5-6,14H2,1-4H3/b8-7+.